The lowest BCUT2D eigenvalue weighted by Crippen LogP contribution is -2.39. The molecule has 2 saturated heterocycles. The van der Waals surface area contributed by atoms with Crippen LogP contribution in [0.5, 0.6) is 0 Å². The Morgan fingerprint density at radius 2 is 2.17 bits per heavy atom. The van der Waals surface area contributed by atoms with Crippen LogP contribution >= 0.6 is 0 Å². The van der Waals surface area contributed by atoms with Gasteiger partial charge >= 0.3 is 5.97 Å². The maximum atomic E-state index is 12.7. The lowest BCUT2D eigenvalue weighted by molar-refractivity contribution is -0.147. The Labute approximate surface area is 142 Å². The summed E-state index contributed by atoms with van der Waals surface area (Å²) < 4.78 is 5.87. The minimum absolute atomic E-state index is 0.0948. The van der Waals surface area contributed by atoms with E-state index in [0.717, 1.165) is 12.8 Å². The third kappa shape index (κ3) is 2.81. The number of hydrogen-bond acceptors (Lipinski definition) is 3. The minimum atomic E-state index is -0.945. The van der Waals surface area contributed by atoms with Crippen molar-refractivity contribution in [2.75, 3.05) is 13.1 Å². The molecule has 3 rings (SSSR count). The van der Waals surface area contributed by atoms with Crippen LogP contribution in [0.2, 0.25) is 0 Å². The van der Waals surface area contributed by atoms with E-state index in [4.69, 9.17) is 4.74 Å². The molecule has 5 heteroatoms. The number of fused-ring (bicyclic) bond motifs is 1. The van der Waals surface area contributed by atoms with Gasteiger partial charge in [0.25, 0.3) is 0 Å². The summed E-state index contributed by atoms with van der Waals surface area (Å²) in [6.07, 6.45) is 9.48. The zero-order valence-corrected chi connectivity index (χ0v) is 14.5. The van der Waals surface area contributed by atoms with Gasteiger partial charge in [0.1, 0.15) is 11.5 Å². The summed E-state index contributed by atoms with van der Waals surface area (Å²) in [4.78, 5) is 26.0. The van der Waals surface area contributed by atoms with Crippen molar-refractivity contribution in [3.63, 3.8) is 0 Å². The van der Waals surface area contributed by atoms with Crippen molar-refractivity contribution in [1.82, 2.24) is 4.90 Å². The number of allylic oxidation sites excluding steroid dienone is 3. The average molecular weight is 331 g/mol. The Balaban J connectivity index is 1.66. The first kappa shape index (κ1) is 17.0. The normalized spacial score (nSPS) is 34.0. The number of aliphatic carboxylic acids is 1. The molecule has 0 saturated carbocycles. The smallest absolute Gasteiger partial charge is 0.310 e. The van der Waals surface area contributed by atoms with Gasteiger partial charge in [-0.3, -0.25) is 9.59 Å². The second kappa shape index (κ2) is 6.20. The summed E-state index contributed by atoms with van der Waals surface area (Å²) in [7, 11) is 0. The fourth-order valence-electron chi connectivity index (χ4n) is 3.97. The molecule has 0 aliphatic carbocycles. The first-order valence-electron chi connectivity index (χ1n) is 8.52. The quantitative estimate of drug-likeness (QED) is 0.760. The van der Waals surface area contributed by atoms with Gasteiger partial charge in [0.05, 0.1) is 18.6 Å². The molecule has 0 aromatic rings. The van der Waals surface area contributed by atoms with Crippen molar-refractivity contribution < 1.29 is 19.4 Å². The molecule has 0 aromatic heterocycles. The van der Waals surface area contributed by atoms with Gasteiger partial charge < -0.3 is 14.7 Å². The van der Waals surface area contributed by atoms with Gasteiger partial charge in [0, 0.05) is 6.54 Å². The molecule has 1 N–H and O–H groups in total. The van der Waals surface area contributed by atoms with Crippen LogP contribution in [0, 0.1) is 11.8 Å². The zero-order valence-electron chi connectivity index (χ0n) is 14.5. The van der Waals surface area contributed by atoms with Crippen molar-refractivity contribution in [2.45, 2.75) is 45.3 Å². The highest BCUT2D eigenvalue weighted by Crippen LogP contribution is 2.51. The largest absolute Gasteiger partial charge is 0.481 e. The molecular formula is C19H25NO4. The van der Waals surface area contributed by atoms with E-state index >= 15 is 0 Å². The van der Waals surface area contributed by atoms with Crippen LogP contribution in [0.25, 0.3) is 0 Å². The van der Waals surface area contributed by atoms with Crippen molar-refractivity contribution in [2.24, 2.45) is 11.8 Å². The van der Waals surface area contributed by atoms with E-state index in [2.05, 4.69) is 32.9 Å². The third-order valence-electron chi connectivity index (χ3n) is 5.22. The van der Waals surface area contributed by atoms with Crippen LogP contribution in [-0.2, 0) is 14.3 Å². The topological polar surface area (TPSA) is 66.8 Å². The summed E-state index contributed by atoms with van der Waals surface area (Å²) in [5.74, 6) is -2.37. The van der Waals surface area contributed by atoms with Gasteiger partial charge in [-0.2, -0.15) is 0 Å². The minimum Gasteiger partial charge on any atom is -0.481 e. The summed E-state index contributed by atoms with van der Waals surface area (Å²) in [6, 6.07) is 0. The second-order valence-electron chi connectivity index (χ2n) is 7.33. The molecule has 2 bridgehead atoms. The molecule has 5 nitrogen and oxygen atoms in total. The molecule has 130 valence electrons. The Kier molecular flexibility index (Phi) is 4.38. The number of carbonyl (C=O) groups is 2. The Morgan fingerprint density at radius 1 is 1.42 bits per heavy atom. The van der Waals surface area contributed by atoms with Gasteiger partial charge in [0.2, 0.25) is 5.91 Å². The highest BCUT2D eigenvalue weighted by molar-refractivity contribution is 5.90. The van der Waals surface area contributed by atoms with Crippen molar-refractivity contribution in [3.05, 3.63) is 35.5 Å². The molecule has 1 spiro atoms. The molecule has 4 atom stereocenters. The molecule has 3 aliphatic heterocycles. The monoisotopic (exact) mass is 331 g/mol. The van der Waals surface area contributed by atoms with E-state index in [0.29, 0.717) is 13.1 Å². The average Bonchev–Trinajstić information content (AvgIpc) is 3.13. The predicted octanol–water partition coefficient (Wildman–Crippen LogP) is 2.55. The number of ether oxygens (including phenoxy) is 1. The number of amides is 1. The van der Waals surface area contributed by atoms with Gasteiger partial charge in [-0.1, -0.05) is 35.5 Å². The Hall–Kier alpha value is -1.88. The lowest BCUT2D eigenvalue weighted by Gasteiger charge is -2.21. The predicted molar refractivity (Wildman–Crippen MR) is 90.4 cm³/mol. The highest BCUT2D eigenvalue weighted by atomic mass is 16.5. The second-order valence-corrected chi connectivity index (χ2v) is 7.33. The van der Waals surface area contributed by atoms with Crippen LogP contribution in [-0.4, -0.2) is 46.7 Å². The lowest BCUT2D eigenvalue weighted by atomic mass is 9.77. The molecule has 1 amide bonds. The number of carboxylic acids is 1. The van der Waals surface area contributed by atoms with Crippen LogP contribution in [0.15, 0.2) is 35.5 Å². The highest BCUT2D eigenvalue weighted by Gasteiger charge is 2.66. The standard InChI is InChI=1S/C19H25NO4/c1-12(2)5-4-6-13(3)8-10-20-11-19-9-7-14(24-19)15(18(22)23)16(19)17(20)21/h5,7-9,14-16H,4,6,10-11H2,1-3H3,(H,22,23)/t14-,15-,16-,19-/m1/s1. The maximum absolute atomic E-state index is 12.7. The molecule has 2 fully saturated rings. The number of nitrogens with zero attached hydrogens (tertiary/aromatic N) is 1. The third-order valence-corrected chi connectivity index (χ3v) is 5.22. The molecule has 0 aromatic carbocycles. The summed E-state index contributed by atoms with van der Waals surface area (Å²) in [5.41, 5.74) is 1.82. The first-order valence-corrected chi connectivity index (χ1v) is 8.52. The van der Waals surface area contributed by atoms with E-state index in [1.54, 1.807) is 11.0 Å². The first-order chi connectivity index (χ1) is 11.3. The number of rotatable bonds is 6. The van der Waals surface area contributed by atoms with Crippen LogP contribution in [0.4, 0.5) is 0 Å². The molecule has 3 heterocycles. The van der Waals surface area contributed by atoms with Crippen molar-refractivity contribution in [1.29, 1.82) is 0 Å². The summed E-state index contributed by atoms with van der Waals surface area (Å²) in [6.45, 7) is 7.21. The van der Waals surface area contributed by atoms with E-state index in [9.17, 15) is 14.7 Å². The van der Waals surface area contributed by atoms with Gasteiger partial charge in [-0.15, -0.1) is 0 Å². The zero-order chi connectivity index (χ0) is 17.5. The number of carbonyl (C=O) groups excluding carboxylic acids is 1. The fourth-order valence-corrected chi connectivity index (χ4v) is 3.97. The van der Waals surface area contributed by atoms with Gasteiger partial charge in [-0.25, -0.2) is 0 Å². The molecule has 0 unspecified atom stereocenters. The number of hydrogen-bond donors (Lipinski definition) is 1. The van der Waals surface area contributed by atoms with E-state index in [1.807, 2.05) is 6.08 Å². The van der Waals surface area contributed by atoms with Crippen molar-refractivity contribution >= 4 is 11.9 Å². The van der Waals surface area contributed by atoms with E-state index in [-0.39, 0.29) is 5.91 Å². The maximum Gasteiger partial charge on any atom is 0.310 e. The van der Waals surface area contributed by atoms with Gasteiger partial charge in [-0.05, 0) is 33.6 Å². The molecule has 0 radical (unpaired) electrons. The number of carboxylic acid groups (broad SMARTS) is 1. The van der Waals surface area contributed by atoms with E-state index < -0.39 is 29.5 Å². The van der Waals surface area contributed by atoms with Gasteiger partial charge in [0.15, 0.2) is 0 Å². The van der Waals surface area contributed by atoms with Crippen LogP contribution < -0.4 is 0 Å². The SMILES string of the molecule is CC(C)=CCCC(C)=CCN1C[C@@]23C=C[C@@H](O2)[C@@H](C(=O)O)[C@@H]3C1=O. The summed E-state index contributed by atoms with van der Waals surface area (Å²) in [5, 5.41) is 9.44. The molecule has 24 heavy (non-hydrogen) atoms. The van der Waals surface area contributed by atoms with Crippen LogP contribution in [0.3, 0.4) is 0 Å². The van der Waals surface area contributed by atoms with Crippen LogP contribution in [0.1, 0.15) is 33.6 Å². The number of likely N-dealkylation sites (tertiary alicyclic amines) is 1. The Bertz CT molecular complexity index is 644. The summed E-state index contributed by atoms with van der Waals surface area (Å²) >= 11 is 0. The molecule has 3 aliphatic rings. The van der Waals surface area contributed by atoms with Crippen molar-refractivity contribution in [3.8, 4) is 0 Å². The Morgan fingerprint density at radius 3 is 2.83 bits per heavy atom. The van der Waals surface area contributed by atoms with E-state index in [1.165, 1.54) is 11.1 Å². The fraction of sp³-hybridized carbons (Fsp3) is 0.579. The molecular weight excluding hydrogens is 306 g/mol.